The highest BCUT2D eigenvalue weighted by molar-refractivity contribution is 7.91. The maximum absolute atomic E-state index is 12.0. The number of hydrogen-bond acceptors (Lipinski definition) is 3. The van der Waals surface area contributed by atoms with Crippen molar-refractivity contribution in [2.75, 3.05) is 19.3 Å². The summed E-state index contributed by atoms with van der Waals surface area (Å²) in [5.74, 6) is 0.0390. The molecule has 0 spiro atoms. The molecule has 1 aromatic rings. The van der Waals surface area contributed by atoms with Gasteiger partial charge in [-0.2, -0.15) is 0 Å². The van der Waals surface area contributed by atoms with Crippen LogP contribution in [0.25, 0.3) is 0 Å². The first kappa shape index (κ1) is 13.8. The summed E-state index contributed by atoms with van der Waals surface area (Å²) in [5, 5.41) is 3.25. The largest absolute Gasteiger partial charge is 0.320 e. The van der Waals surface area contributed by atoms with Crippen molar-refractivity contribution in [3.8, 4) is 0 Å². The van der Waals surface area contributed by atoms with Gasteiger partial charge in [-0.25, -0.2) is 8.42 Å². The lowest BCUT2D eigenvalue weighted by Gasteiger charge is -2.08. The second-order valence-electron chi connectivity index (χ2n) is 3.33. The molecule has 0 aromatic heterocycles. The first-order valence-corrected chi connectivity index (χ1v) is 7.21. The van der Waals surface area contributed by atoms with E-state index in [4.69, 9.17) is 23.2 Å². The first-order valence-electron chi connectivity index (χ1n) is 4.80. The third-order valence-corrected chi connectivity index (χ3v) is 4.81. The van der Waals surface area contributed by atoms with Gasteiger partial charge in [-0.1, -0.05) is 29.3 Å². The predicted octanol–water partition coefficient (Wildman–Crippen LogP) is 2.38. The van der Waals surface area contributed by atoms with Gasteiger partial charge in [-0.05, 0) is 32.1 Å². The highest BCUT2D eigenvalue weighted by atomic mass is 35.5. The van der Waals surface area contributed by atoms with Crippen molar-refractivity contribution in [2.45, 2.75) is 11.3 Å². The van der Waals surface area contributed by atoms with Gasteiger partial charge in [0.25, 0.3) is 0 Å². The van der Waals surface area contributed by atoms with E-state index in [1.54, 1.807) is 13.1 Å². The van der Waals surface area contributed by atoms with Gasteiger partial charge in [-0.15, -0.1) is 0 Å². The van der Waals surface area contributed by atoms with Crippen LogP contribution in [0.2, 0.25) is 10.0 Å². The van der Waals surface area contributed by atoms with Gasteiger partial charge in [0.2, 0.25) is 0 Å². The van der Waals surface area contributed by atoms with Gasteiger partial charge in [0.05, 0.1) is 15.8 Å². The van der Waals surface area contributed by atoms with Crippen molar-refractivity contribution >= 4 is 33.0 Å². The third kappa shape index (κ3) is 3.35. The Balaban J connectivity index is 2.98. The van der Waals surface area contributed by atoms with Crippen LogP contribution in [0.15, 0.2) is 23.1 Å². The van der Waals surface area contributed by atoms with E-state index in [0.29, 0.717) is 13.0 Å². The predicted molar refractivity (Wildman–Crippen MR) is 67.1 cm³/mol. The van der Waals surface area contributed by atoms with Crippen LogP contribution in [0, 0.1) is 0 Å². The van der Waals surface area contributed by atoms with Crippen LogP contribution >= 0.6 is 23.2 Å². The Morgan fingerprint density at radius 2 is 1.81 bits per heavy atom. The normalized spacial score (nSPS) is 11.7. The molecule has 0 saturated heterocycles. The lowest BCUT2D eigenvalue weighted by Crippen LogP contribution is -2.15. The molecule has 0 amide bonds. The topological polar surface area (TPSA) is 46.2 Å². The molecule has 0 saturated carbocycles. The molecule has 16 heavy (non-hydrogen) atoms. The fraction of sp³-hybridized carbons (Fsp3) is 0.400. The molecule has 90 valence electrons. The maximum Gasteiger partial charge on any atom is 0.181 e. The van der Waals surface area contributed by atoms with Gasteiger partial charge in [0, 0.05) is 0 Å². The zero-order valence-corrected chi connectivity index (χ0v) is 11.2. The molecule has 0 heterocycles. The van der Waals surface area contributed by atoms with Crippen molar-refractivity contribution < 1.29 is 8.42 Å². The van der Waals surface area contributed by atoms with Crippen molar-refractivity contribution in [2.24, 2.45) is 0 Å². The molecular formula is C10H13Cl2NO2S. The van der Waals surface area contributed by atoms with E-state index >= 15 is 0 Å². The quantitative estimate of drug-likeness (QED) is 0.843. The van der Waals surface area contributed by atoms with Crippen LogP contribution in [-0.2, 0) is 9.84 Å². The Kier molecular flexibility index (Phi) is 5.05. The van der Waals surface area contributed by atoms with E-state index < -0.39 is 9.84 Å². The maximum atomic E-state index is 12.0. The summed E-state index contributed by atoms with van der Waals surface area (Å²) in [7, 11) is -1.62. The summed E-state index contributed by atoms with van der Waals surface area (Å²) in [6.45, 7) is 0.640. The minimum atomic E-state index is -3.40. The molecule has 1 aromatic carbocycles. The minimum absolute atomic E-state index is 0.0365. The second-order valence-corrected chi connectivity index (χ2v) is 6.19. The Hall–Kier alpha value is -0.290. The van der Waals surface area contributed by atoms with Gasteiger partial charge in [0.1, 0.15) is 4.90 Å². The number of sulfone groups is 1. The van der Waals surface area contributed by atoms with E-state index in [1.807, 2.05) is 0 Å². The number of benzene rings is 1. The molecule has 1 rings (SSSR count). The molecule has 0 fully saturated rings. The average Bonchev–Trinajstić information content (AvgIpc) is 2.17. The molecule has 3 nitrogen and oxygen atoms in total. The molecule has 0 bridgehead atoms. The van der Waals surface area contributed by atoms with Crippen LogP contribution in [0.1, 0.15) is 6.42 Å². The molecule has 1 N–H and O–H groups in total. The lowest BCUT2D eigenvalue weighted by molar-refractivity contribution is 0.592. The average molecular weight is 282 g/mol. The zero-order valence-electron chi connectivity index (χ0n) is 8.83. The SMILES string of the molecule is CNCCCS(=O)(=O)c1c(Cl)cccc1Cl. The monoisotopic (exact) mass is 281 g/mol. The Morgan fingerprint density at radius 1 is 1.25 bits per heavy atom. The molecule has 0 atom stereocenters. The second kappa shape index (κ2) is 5.87. The number of rotatable bonds is 5. The standard InChI is InChI=1S/C10H13Cl2NO2S/c1-13-6-3-7-16(14,15)10-8(11)4-2-5-9(10)12/h2,4-5,13H,3,6-7H2,1H3. The Labute approximate surface area is 106 Å². The van der Waals surface area contributed by atoms with Crippen LogP contribution in [0.5, 0.6) is 0 Å². The van der Waals surface area contributed by atoms with Crippen LogP contribution in [0.4, 0.5) is 0 Å². The van der Waals surface area contributed by atoms with Crippen LogP contribution < -0.4 is 5.32 Å². The van der Waals surface area contributed by atoms with Gasteiger partial charge < -0.3 is 5.32 Å². The van der Waals surface area contributed by atoms with Crippen LogP contribution in [-0.4, -0.2) is 27.8 Å². The highest BCUT2D eigenvalue weighted by Crippen LogP contribution is 2.29. The number of halogens is 2. The van der Waals surface area contributed by atoms with E-state index in [-0.39, 0.29) is 20.7 Å². The number of hydrogen-bond donors (Lipinski definition) is 1. The van der Waals surface area contributed by atoms with E-state index in [2.05, 4.69) is 5.32 Å². The summed E-state index contributed by atoms with van der Waals surface area (Å²) in [4.78, 5) is 0.0365. The third-order valence-electron chi connectivity index (χ3n) is 2.07. The molecular weight excluding hydrogens is 269 g/mol. The first-order chi connectivity index (χ1) is 7.49. The van der Waals surface area contributed by atoms with Crippen molar-refractivity contribution in [1.29, 1.82) is 0 Å². The van der Waals surface area contributed by atoms with E-state index in [9.17, 15) is 8.42 Å². The summed E-state index contributed by atoms with van der Waals surface area (Å²) >= 11 is 11.7. The van der Waals surface area contributed by atoms with E-state index in [0.717, 1.165) is 0 Å². The number of nitrogens with one attached hydrogen (secondary N) is 1. The Morgan fingerprint density at radius 3 is 2.31 bits per heavy atom. The smallest absolute Gasteiger partial charge is 0.181 e. The highest BCUT2D eigenvalue weighted by Gasteiger charge is 2.20. The van der Waals surface area contributed by atoms with Gasteiger partial charge in [0.15, 0.2) is 9.84 Å². The lowest BCUT2D eigenvalue weighted by atomic mass is 10.4. The fourth-order valence-electron chi connectivity index (χ4n) is 1.32. The zero-order chi connectivity index (χ0) is 12.2. The minimum Gasteiger partial charge on any atom is -0.320 e. The van der Waals surface area contributed by atoms with Crippen molar-refractivity contribution in [3.63, 3.8) is 0 Å². The molecule has 0 aliphatic carbocycles. The Bertz CT molecular complexity index is 440. The van der Waals surface area contributed by atoms with E-state index in [1.165, 1.54) is 12.1 Å². The summed E-state index contributed by atoms with van der Waals surface area (Å²) in [6, 6.07) is 4.67. The molecule has 0 aliphatic rings. The van der Waals surface area contributed by atoms with Crippen molar-refractivity contribution in [1.82, 2.24) is 5.32 Å². The molecule has 0 unspecified atom stereocenters. The summed E-state index contributed by atoms with van der Waals surface area (Å²) in [5.41, 5.74) is 0. The molecule has 0 radical (unpaired) electrons. The van der Waals surface area contributed by atoms with Gasteiger partial charge >= 0.3 is 0 Å². The van der Waals surface area contributed by atoms with Crippen LogP contribution in [0.3, 0.4) is 0 Å². The van der Waals surface area contributed by atoms with Gasteiger partial charge in [-0.3, -0.25) is 0 Å². The summed E-state index contributed by atoms with van der Waals surface area (Å²) < 4.78 is 23.9. The fourth-order valence-corrected chi connectivity index (χ4v) is 3.88. The molecule has 6 heteroatoms. The molecule has 0 aliphatic heterocycles. The summed E-state index contributed by atoms with van der Waals surface area (Å²) in [6.07, 6.45) is 0.528. The van der Waals surface area contributed by atoms with Crippen molar-refractivity contribution in [3.05, 3.63) is 28.2 Å².